The van der Waals surface area contributed by atoms with Crippen molar-refractivity contribution < 1.29 is 0 Å². The third-order valence-electron chi connectivity index (χ3n) is 20.1. The molecular formula is C84H96Br2. The minimum Gasteiger partial charge on any atom is -0.0654 e. The van der Waals surface area contributed by atoms with Crippen LogP contribution in [-0.4, -0.2) is 0 Å². The van der Waals surface area contributed by atoms with Crippen molar-refractivity contribution >= 4 is 53.4 Å². The van der Waals surface area contributed by atoms with Crippen molar-refractivity contribution in [1.29, 1.82) is 0 Å². The summed E-state index contributed by atoms with van der Waals surface area (Å²) < 4.78 is 2.29. The van der Waals surface area contributed by atoms with Gasteiger partial charge in [-0.2, -0.15) is 0 Å². The third-order valence-corrected chi connectivity index (χ3v) is 21.4. The largest absolute Gasteiger partial charge is 0.0714 e. The van der Waals surface area contributed by atoms with Crippen LogP contribution in [-0.2, 0) is 36.5 Å². The highest BCUT2D eigenvalue weighted by Gasteiger charge is 2.52. The van der Waals surface area contributed by atoms with E-state index in [4.69, 9.17) is 0 Å². The number of benzene rings is 9. The van der Waals surface area contributed by atoms with Crippen molar-refractivity contribution in [2.75, 3.05) is 0 Å². The van der Waals surface area contributed by atoms with Gasteiger partial charge in [-0.05, 0) is 186 Å². The molecule has 0 unspecified atom stereocenters. The molecule has 0 amide bonds. The standard InChI is InChI=1S/C84H96Br2/c1-5-9-13-17-21-25-33-61-41-49-65(50-42-61)83(66-51-43-62(44-52-66)34-26-22-18-14-10-6-2)75-57-74-76(58-73(75)81-71-39-31-29-37-69(71)79(85)59-77(81)83)84(78-60-80(86)70-38-30-32-40-72(70)82(74)78,67-53-45-63(46-54-67)35-27-23-19-15-11-7-3)68-55-47-64(48-56-68)36-28-24-20-16-12-8-4/h29-32,37-60H,5-28,33-36H2,1-4H3. The predicted molar refractivity (Wildman–Crippen MR) is 380 cm³/mol. The van der Waals surface area contributed by atoms with Crippen LogP contribution in [0.4, 0.5) is 0 Å². The van der Waals surface area contributed by atoms with Crippen molar-refractivity contribution in [3.8, 4) is 22.3 Å². The van der Waals surface area contributed by atoms with E-state index in [1.807, 2.05) is 0 Å². The fraction of sp³-hybridized carbons (Fsp3) is 0.405. The molecule has 2 aliphatic carbocycles. The molecule has 11 rings (SSSR count). The number of hydrogen-bond donors (Lipinski definition) is 0. The monoisotopic (exact) mass is 1260 g/mol. The second-order valence-corrected chi connectivity index (χ2v) is 27.7. The van der Waals surface area contributed by atoms with Gasteiger partial charge in [0.15, 0.2) is 0 Å². The predicted octanol–water partition coefficient (Wildman–Crippen LogP) is 25.9. The highest BCUT2D eigenvalue weighted by molar-refractivity contribution is 9.11. The number of fused-ring (bicyclic) bond motifs is 10. The van der Waals surface area contributed by atoms with Crippen LogP contribution in [0.5, 0.6) is 0 Å². The molecule has 86 heavy (non-hydrogen) atoms. The maximum atomic E-state index is 4.27. The Hall–Kier alpha value is -5.54. The number of hydrogen-bond acceptors (Lipinski definition) is 0. The topological polar surface area (TPSA) is 0 Å². The molecule has 0 fully saturated rings. The van der Waals surface area contributed by atoms with E-state index in [9.17, 15) is 0 Å². The van der Waals surface area contributed by atoms with E-state index in [2.05, 4.69) is 229 Å². The average molecular weight is 1270 g/mol. The summed E-state index contributed by atoms with van der Waals surface area (Å²) in [5.74, 6) is 0. The van der Waals surface area contributed by atoms with Crippen molar-refractivity contribution in [2.24, 2.45) is 0 Å². The second-order valence-electron chi connectivity index (χ2n) is 26.0. The van der Waals surface area contributed by atoms with Gasteiger partial charge >= 0.3 is 0 Å². The molecular weight excluding hydrogens is 1170 g/mol. The van der Waals surface area contributed by atoms with Crippen LogP contribution in [0, 0.1) is 0 Å². The molecule has 0 heterocycles. The quantitative estimate of drug-likeness (QED) is 0.0369. The molecule has 0 saturated carbocycles. The van der Waals surface area contributed by atoms with Crippen LogP contribution >= 0.6 is 31.9 Å². The molecule has 0 atom stereocenters. The fourth-order valence-corrected chi connectivity index (χ4v) is 16.6. The number of aryl methyl sites for hydroxylation is 4. The zero-order valence-electron chi connectivity index (χ0n) is 52.7. The summed E-state index contributed by atoms with van der Waals surface area (Å²) in [7, 11) is 0. The summed E-state index contributed by atoms with van der Waals surface area (Å²) in [5.41, 5.74) is 20.7. The fourth-order valence-electron chi connectivity index (χ4n) is 15.5. The molecule has 0 radical (unpaired) electrons. The number of halogens is 2. The van der Waals surface area contributed by atoms with E-state index in [0.29, 0.717) is 0 Å². The van der Waals surface area contributed by atoms with Gasteiger partial charge in [-0.1, -0.05) is 334 Å². The second kappa shape index (κ2) is 29.6. The first-order chi connectivity index (χ1) is 42.4. The Morgan fingerprint density at radius 3 is 0.767 bits per heavy atom. The van der Waals surface area contributed by atoms with Crippen LogP contribution in [0.3, 0.4) is 0 Å². The van der Waals surface area contributed by atoms with Crippen molar-refractivity contribution in [1.82, 2.24) is 0 Å². The highest BCUT2D eigenvalue weighted by Crippen LogP contribution is 2.65. The lowest BCUT2D eigenvalue weighted by atomic mass is 9.65. The van der Waals surface area contributed by atoms with Gasteiger partial charge in [0.1, 0.15) is 0 Å². The number of rotatable bonds is 32. The van der Waals surface area contributed by atoms with Crippen LogP contribution in [0.15, 0.2) is 179 Å². The normalized spacial score (nSPS) is 13.6. The minimum atomic E-state index is -0.615. The Labute approximate surface area is 535 Å². The van der Waals surface area contributed by atoms with Crippen LogP contribution < -0.4 is 0 Å². The maximum Gasteiger partial charge on any atom is 0.0714 e. The van der Waals surface area contributed by atoms with Crippen LogP contribution in [0.2, 0.25) is 0 Å². The van der Waals surface area contributed by atoms with E-state index in [1.54, 1.807) is 0 Å². The molecule has 9 aromatic carbocycles. The summed E-state index contributed by atoms with van der Waals surface area (Å²) in [4.78, 5) is 0. The lowest BCUT2D eigenvalue weighted by Crippen LogP contribution is -2.30. The first kappa shape index (κ1) is 62.1. The van der Waals surface area contributed by atoms with E-state index >= 15 is 0 Å². The van der Waals surface area contributed by atoms with Gasteiger partial charge in [-0.3, -0.25) is 0 Å². The summed E-state index contributed by atoms with van der Waals surface area (Å²) in [6.45, 7) is 9.26. The van der Waals surface area contributed by atoms with Gasteiger partial charge in [0, 0.05) is 8.95 Å². The third kappa shape index (κ3) is 12.7. The molecule has 0 saturated heterocycles. The van der Waals surface area contributed by atoms with Crippen LogP contribution in [0.1, 0.15) is 249 Å². The zero-order valence-corrected chi connectivity index (χ0v) is 55.9. The smallest absolute Gasteiger partial charge is 0.0654 e. The Morgan fingerprint density at radius 1 is 0.256 bits per heavy atom. The summed E-state index contributed by atoms with van der Waals surface area (Å²) in [6, 6.07) is 68.9. The Balaban J connectivity index is 1.15. The first-order valence-corrected chi connectivity index (χ1v) is 36.0. The molecule has 0 aliphatic heterocycles. The lowest BCUT2D eigenvalue weighted by molar-refractivity contribution is 0.607. The van der Waals surface area contributed by atoms with Crippen molar-refractivity contribution in [3.05, 3.63) is 246 Å². The summed E-state index contributed by atoms with van der Waals surface area (Å²) in [6.07, 6.45) is 35.8. The van der Waals surface area contributed by atoms with Crippen LogP contribution in [0.25, 0.3) is 43.8 Å². The van der Waals surface area contributed by atoms with E-state index < -0.39 is 10.8 Å². The van der Waals surface area contributed by atoms with E-state index in [-0.39, 0.29) is 0 Å². The van der Waals surface area contributed by atoms with Gasteiger partial charge in [-0.25, -0.2) is 0 Å². The van der Waals surface area contributed by atoms with E-state index in [1.165, 1.54) is 265 Å². The molecule has 2 aliphatic rings. The molecule has 2 heteroatoms. The summed E-state index contributed by atoms with van der Waals surface area (Å²) >= 11 is 8.54. The Kier molecular flexibility index (Phi) is 21.4. The molecule has 0 aromatic heterocycles. The highest BCUT2D eigenvalue weighted by atomic mass is 79.9. The van der Waals surface area contributed by atoms with Crippen molar-refractivity contribution in [3.63, 3.8) is 0 Å². The first-order valence-electron chi connectivity index (χ1n) is 34.4. The average Bonchev–Trinajstić information content (AvgIpc) is 2.63. The zero-order chi connectivity index (χ0) is 59.3. The Morgan fingerprint density at radius 2 is 0.500 bits per heavy atom. The Bertz CT molecular complexity index is 3290. The van der Waals surface area contributed by atoms with Gasteiger partial charge < -0.3 is 0 Å². The lowest BCUT2D eigenvalue weighted by Gasteiger charge is -2.36. The molecule has 0 bridgehead atoms. The SMILES string of the molecule is CCCCCCCCc1ccc(C2(c3ccc(CCCCCCCC)cc3)c3cc4c(cc3-c3c2cc(Br)c2ccccc32)C(c2ccc(CCCCCCCC)cc2)(c2ccc(CCCCCCCC)cc2)c2cc(Br)c3ccccc3c2-4)cc1. The van der Waals surface area contributed by atoms with Gasteiger partial charge in [0.25, 0.3) is 0 Å². The van der Waals surface area contributed by atoms with E-state index in [0.717, 1.165) is 34.6 Å². The summed E-state index contributed by atoms with van der Waals surface area (Å²) in [5, 5.41) is 5.10. The molecule has 0 nitrogen and oxygen atoms in total. The molecule has 0 N–H and O–H groups in total. The molecule has 0 spiro atoms. The van der Waals surface area contributed by atoms with Crippen molar-refractivity contribution in [2.45, 2.75) is 218 Å². The van der Waals surface area contributed by atoms with Gasteiger partial charge in [0.05, 0.1) is 10.8 Å². The van der Waals surface area contributed by atoms with Gasteiger partial charge in [0.2, 0.25) is 0 Å². The minimum absolute atomic E-state index is 0.615. The van der Waals surface area contributed by atoms with Gasteiger partial charge in [-0.15, -0.1) is 0 Å². The molecule has 9 aromatic rings. The molecule has 446 valence electrons. The number of unbranched alkanes of at least 4 members (excludes halogenated alkanes) is 20. The maximum absolute atomic E-state index is 4.27.